The van der Waals surface area contributed by atoms with Gasteiger partial charge in [0.1, 0.15) is 5.75 Å². The van der Waals surface area contributed by atoms with Gasteiger partial charge in [0.25, 0.3) is 0 Å². The molecule has 2 rings (SSSR count). The zero-order valence-corrected chi connectivity index (χ0v) is 12.0. The summed E-state index contributed by atoms with van der Waals surface area (Å²) in [6, 6.07) is 6.34. The lowest BCUT2D eigenvalue weighted by Crippen LogP contribution is -2.23. The van der Waals surface area contributed by atoms with E-state index < -0.39 is 0 Å². The second kappa shape index (κ2) is 7.60. The van der Waals surface area contributed by atoms with Gasteiger partial charge in [-0.3, -0.25) is 9.97 Å². The average Bonchev–Trinajstić information content (AvgIpc) is 2.49. The van der Waals surface area contributed by atoms with E-state index in [2.05, 4.69) is 34.3 Å². The van der Waals surface area contributed by atoms with Crippen molar-refractivity contribution in [2.45, 2.75) is 26.3 Å². The van der Waals surface area contributed by atoms with Crippen molar-refractivity contribution in [2.24, 2.45) is 0 Å². The van der Waals surface area contributed by atoms with E-state index in [4.69, 9.17) is 4.74 Å². The zero-order valence-electron chi connectivity index (χ0n) is 12.0. The molecular formula is C16H21N3O. The molecule has 0 aliphatic carbocycles. The summed E-state index contributed by atoms with van der Waals surface area (Å²) in [6.45, 7) is 5.64. The number of rotatable bonds is 7. The van der Waals surface area contributed by atoms with Crippen LogP contribution in [0.5, 0.6) is 5.75 Å². The summed E-state index contributed by atoms with van der Waals surface area (Å²) in [5.41, 5.74) is 2.35. The van der Waals surface area contributed by atoms with Crippen LogP contribution in [0.4, 0.5) is 0 Å². The van der Waals surface area contributed by atoms with E-state index in [0.29, 0.717) is 6.61 Å². The molecule has 0 aliphatic rings. The highest BCUT2D eigenvalue weighted by Gasteiger charge is 2.12. The molecule has 4 heteroatoms. The molecule has 0 amide bonds. The van der Waals surface area contributed by atoms with Gasteiger partial charge in [0.05, 0.1) is 12.8 Å². The molecule has 2 aromatic heterocycles. The fraction of sp³-hybridized carbons (Fsp3) is 0.375. The third-order valence-corrected chi connectivity index (χ3v) is 3.06. The van der Waals surface area contributed by atoms with Gasteiger partial charge in [-0.15, -0.1) is 0 Å². The van der Waals surface area contributed by atoms with Crippen molar-refractivity contribution in [3.63, 3.8) is 0 Å². The first-order chi connectivity index (χ1) is 9.83. The summed E-state index contributed by atoms with van der Waals surface area (Å²) in [4.78, 5) is 8.44. The Kier molecular flexibility index (Phi) is 5.50. The van der Waals surface area contributed by atoms with E-state index in [9.17, 15) is 0 Å². The van der Waals surface area contributed by atoms with Gasteiger partial charge in [-0.2, -0.15) is 0 Å². The minimum atomic E-state index is 0.220. The van der Waals surface area contributed by atoms with Crippen molar-refractivity contribution < 1.29 is 4.74 Å². The summed E-state index contributed by atoms with van der Waals surface area (Å²) in [5.74, 6) is 0.819. The second-order valence-corrected chi connectivity index (χ2v) is 4.56. The summed E-state index contributed by atoms with van der Waals surface area (Å²) in [7, 11) is 0. The molecule has 1 unspecified atom stereocenters. The maximum Gasteiger partial charge on any atom is 0.137 e. The van der Waals surface area contributed by atoms with E-state index in [1.165, 1.54) is 5.56 Å². The van der Waals surface area contributed by atoms with Gasteiger partial charge in [0.15, 0.2) is 0 Å². The Balaban J connectivity index is 2.17. The molecule has 0 radical (unpaired) electrons. The molecule has 0 bridgehead atoms. The first-order valence-corrected chi connectivity index (χ1v) is 7.03. The van der Waals surface area contributed by atoms with Crippen LogP contribution >= 0.6 is 0 Å². The molecule has 0 saturated heterocycles. The van der Waals surface area contributed by atoms with Crippen molar-refractivity contribution in [1.29, 1.82) is 0 Å². The SMILES string of the molecule is CCNC(Cc1cccnc1)c1cncc(OCC)c1. The molecule has 106 valence electrons. The number of likely N-dealkylation sites (N-methyl/N-ethyl adjacent to an activating group) is 1. The molecule has 2 heterocycles. The van der Waals surface area contributed by atoms with Gasteiger partial charge in [-0.05, 0) is 43.1 Å². The van der Waals surface area contributed by atoms with Crippen molar-refractivity contribution >= 4 is 0 Å². The number of hydrogen-bond acceptors (Lipinski definition) is 4. The predicted octanol–water partition coefficient (Wildman–Crippen LogP) is 2.77. The molecule has 0 aromatic carbocycles. The van der Waals surface area contributed by atoms with E-state index in [-0.39, 0.29) is 6.04 Å². The summed E-state index contributed by atoms with van der Waals surface area (Å²) >= 11 is 0. The fourth-order valence-corrected chi connectivity index (χ4v) is 2.18. The molecule has 0 saturated carbocycles. The highest BCUT2D eigenvalue weighted by atomic mass is 16.5. The summed E-state index contributed by atoms with van der Waals surface area (Å²) in [5, 5.41) is 3.49. The second-order valence-electron chi connectivity index (χ2n) is 4.56. The molecular weight excluding hydrogens is 250 g/mol. The van der Waals surface area contributed by atoms with Gasteiger partial charge in [-0.25, -0.2) is 0 Å². The topological polar surface area (TPSA) is 47.0 Å². The third kappa shape index (κ3) is 4.03. The molecule has 20 heavy (non-hydrogen) atoms. The molecule has 0 fully saturated rings. The van der Waals surface area contributed by atoms with E-state index in [1.54, 1.807) is 12.4 Å². The number of hydrogen-bond donors (Lipinski definition) is 1. The maximum atomic E-state index is 5.52. The Morgan fingerprint density at radius 1 is 1.20 bits per heavy atom. The number of nitrogens with zero attached hydrogens (tertiary/aromatic N) is 2. The zero-order chi connectivity index (χ0) is 14.2. The number of ether oxygens (including phenoxy) is 1. The standard InChI is InChI=1S/C16H21N3O/c1-3-19-16(8-13-6-5-7-17-10-13)14-9-15(20-4-2)12-18-11-14/h5-7,9-12,16,19H,3-4,8H2,1-2H3. The van der Waals surface area contributed by atoms with Crippen LogP contribution in [-0.4, -0.2) is 23.1 Å². The molecule has 4 nitrogen and oxygen atoms in total. The average molecular weight is 271 g/mol. The lowest BCUT2D eigenvalue weighted by atomic mass is 10.0. The monoisotopic (exact) mass is 271 g/mol. The predicted molar refractivity (Wildman–Crippen MR) is 79.8 cm³/mol. The Morgan fingerprint density at radius 3 is 2.80 bits per heavy atom. The van der Waals surface area contributed by atoms with Gasteiger partial charge >= 0.3 is 0 Å². The maximum absolute atomic E-state index is 5.52. The largest absolute Gasteiger partial charge is 0.492 e. The van der Waals surface area contributed by atoms with Crippen LogP contribution in [0.25, 0.3) is 0 Å². The first-order valence-electron chi connectivity index (χ1n) is 7.03. The van der Waals surface area contributed by atoms with Gasteiger partial charge in [0, 0.05) is 24.6 Å². The number of aromatic nitrogens is 2. The minimum absolute atomic E-state index is 0.220. The number of nitrogens with one attached hydrogen (secondary N) is 1. The molecule has 0 spiro atoms. The first kappa shape index (κ1) is 14.5. The fourth-order valence-electron chi connectivity index (χ4n) is 2.18. The third-order valence-electron chi connectivity index (χ3n) is 3.06. The van der Waals surface area contributed by atoms with Crippen molar-refractivity contribution in [2.75, 3.05) is 13.2 Å². The minimum Gasteiger partial charge on any atom is -0.492 e. The lowest BCUT2D eigenvalue weighted by molar-refractivity contribution is 0.338. The summed E-state index contributed by atoms with van der Waals surface area (Å²) in [6.07, 6.45) is 8.23. The molecule has 2 aromatic rings. The highest BCUT2D eigenvalue weighted by molar-refractivity contribution is 5.27. The van der Waals surface area contributed by atoms with Crippen LogP contribution in [0.15, 0.2) is 43.0 Å². The van der Waals surface area contributed by atoms with Crippen LogP contribution in [-0.2, 0) is 6.42 Å². The van der Waals surface area contributed by atoms with Crippen molar-refractivity contribution in [3.05, 3.63) is 54.1 Å². The van der Waals surface area contributed by atoms with Gasteiger partial charge < -0.3 is 10.1 Å². The van der Waals surface area contributed by atoms with Crippen molar-refractivity contribution in [3.8, 4) is 5.75 Å². The van der Waals surface area contributed by atoms with E-state index >= 15 is 0 Å². The molecule has 0 aliphatic heterocycles. The van der Waals surface area contributed by atoms with Gasteiger partial charge in [0.2, 0.25) is 0 Å². The van der Waals surface area contributed by atoms with Crippen LogP contribution in [0.1, 0.15) is 31.0 Å². The van der Waals surface area contributed by atoms with Crippen LogP contribution in [0.2, 0.25) is 0 Å². The molecule has 1 atom stereocenters. The Morgan fingerprint density at radius 2 is 2.10 bits per heavy atom. The highest BCUT2D eigenvalue weighted by Crippen LogP contribution is 2.21. The normalized spacial score (nSPS) is 12.1. The van der Waals surface area contributed by atoms with Crippen LogP contribution in [0, 0.1) is 0 Å². The van der Waals surface area contributed by atoms with Gasteiger partial charge in [-0.1, -0.05) is 13.0 Å². The number of pyridine rings is 2. The quantitative estimate of drug-likeness (QED) is 0.841. The lowest BCUT2D eigenvalue weighted by Gasteiger charge is -2.18. The van der Waals surface area contributed by atoms with Crippen LogP contribution in [0.3, 0.4) is 0 Å². The Bertz CT molecular complexity index is 516. The molecule has 1 N–H and O–H groups in total. The smallest absolute Gasteiger partial charge is 0.137 e. The van der Waals surface area contributed by atoms with E-state index in [1.807, 2.05) is 25.4 Å². The Labute approximate surface area is 120 Å². The van der Waals surface area contributed by atoms with Crippen molar-refractivity contribution in [1.82, 2.24) is 15.3 Å². The van der Waals surface area contributed by atoms with Crippen LogP contribution < -0.4 is 10.1 Å². The Hall–Kier alpha value is -1.94. The van der Waals surface area contributed by atoms with E-state index in [0.717, 1.165) is 24.3 Å². The summed E-state index contributed by atoms with van der Waals surface area (Å²) < 4.78 is 5.52.